The Kier molecular flexibility index (Phi) is 4.94. The third kappa shape index (κ3) is 3.12. The van der Waals surface area contributed by atoms with E-state index in [1.807, 2.05) is 0 Å². The number of rotatable bonds is 3. The molecule has 8 heteroatoms. The first-order valence-electron chi connectivity index (χ1n) is 4.71. The number of nitrogens with zero attached hydrogens (tertiary/aromatic N) is 3. The molecule has 1 aromatic carbocycles. The van der Waals surface area contributed by atoms with E-state index in [0.717, 1.165) is 16.8 Å². The Morgan fingerprint density at radius 1 is 1.33 bits per heavy atom. The standard InChI is InChI=1S/C10H8F2N4O.Na.H/c11-7-2-1-3-8(12)6(7)4-16-5-9(10(13)17)14-15-16;;/h1-3,5H,4H2,(H2,13,17);;. The molecule has 0 atom stereocenters. The van der Waals surface area contributed by atoms with Gasteiger partial charge in [-0.1, -0.05) is 11.3 Å². The maximum absolute atomic E-state index is 13.3. The van der Waals surface area contributed by atoms with Crippen LogP contribution in [0.5, 0.6) is 0 Å². The van der Waals surface area contributed by atoms with Gasteiger partial charge in [-0.05, 0) is 12.1 Å². The average Bonchev–Trinajstić information content (AvgIpc) is 2.72. The van der Waals surface area contributed by atoms with Gasteiger partial charge in [0.2, 0.25) is 0 Å². The summed E-state index contributed by atoms with van der Waals surface area (Å²) >= 11 is 0. The number of halogens is 2. The van der Waals surface area contributed by atoms with Crippen molar-refractivity contribution < 1.29 is 13.6 Å². The van der Waals surface area contributed by atoms with Crippen LogP contribution in [0.3, 0.4) is 0 Å². The van der Waals surface area contributed by atoms with Crippen molar-refractivity contribution in [3.8, 4) is 0 Å². The van der Waals surface area contributed by atoms with E-state index in [0.29, 0.717) is 0 Å². The second-order valence-corrected chi connectivity index (χ2v) is 3.37. The van der Waals surface area contributed by atoms with Gasteiger partial charge in [-0.2, -0.15) is 0 Å². The van der Waals surface area contributed by atoms with Gasteiger partial charge in [-0.3, -0.25) is 4.79 Å². The molecule has 1 heterocycles. The van der Waals surface area contributed by atoms with Crippen LogP contribution < -0.4 is 5.73 Å². The third-order valence-electron chi connectivity index (χ3n) is 2.17. The SMILES string of the molecule is NC(=O)c1cn(Cc2c(F)cccc2F)nn1.[NaH]. The topological polar surface area (TPSA) is 73.8 Å². The van der Waals surface area contributed by atoms with Crippen LogP contribution in [0.1, 0.15) is 16.1 Å². The summed E-state index contributed by atoms with van der Waals surface area (Å²) in [6, 6.07) is 3.55. The summed E-state index contributed by atoms with van der Waals surface area (Å²) in [5.74, 6) is -2.10. The second-order valence-electron chi connectivity index (χ2n) is 3.37. The van der Waals surface area contributed by atoms with E-state index in [1.165, 1.54) is 12.3 Å². The quantitative estimate of drug-likeness (QED) is 0.794. The number of carbonyl (C=O) groups is 1. The molecule has 0 fully saturated rings. The van der Waals surface area contributed by atoms with Gasteiger partial charge in [0.25, 0.3) is 5.91 Å². The zero-order valence-corrected chi connectivity index (χ0v) is 8.60. The van der Waals surface area contributed by atoms with Crippen LogP contribution in [-0.2, 0) is 6.54 Å². The molecule has 90 valence electrons. The van der Waals surface area contributed by atoms with Crippen molar-refractivity contribution in [3.05, 3.63) is 47.3 Å². The second kappa shape index (κ2) is 6.03. The summed E-state index contributed by atoms with van der Waals surface area (Å²) in [5.41, 5.74) is 4.78. The average molecular weight is 262 g/mol. The van der Waals surface area contributed by atoms with E-state index in [-0.39, 0.29) is 47.4 Å². The first kappa shape index (κ1) is 14.7. The van der Waals surface area contributed by atoms with E-state index in [9.17, 15) is 13.6 Å². The Morgan fingerprint density at radius 2 is 1.94 bits per heavy atom. The Hall–Kier alpha value is -1.31. The molecular weight excluding hydrogens is 253 g/mol. The molecule has 2 rings (SSSR count). The summed E-state index contributed by atoms with van der Waals surface area (Å²) in [7, 11) is 0. The van der Waals surface area contributed by atoms with E-state index in [2.05, 4.69) is 10.3 Å². The zero-order chi connectivity index (χ0) is 12.4. The van der Waals surface area contributed by atoms with E-state index in [4.69, 9.17) is 5.73 Å². The third-order valence-corrected chi connectivity index (χ3v) is 2.17. The minimum absolute atomic E-state index is 0. The summed E-state index contributed by atoms with van der Waals surface area (Å²) < 4.78 is 27.8. The van der Waals surface area contributed by atoms with Crippen LogP contribution in [0.25, 0.3) is 0 Å². The van der Waals surface area contributed by atoms with Gasteiger partial charge in [0.15, 0.2) is 5.69 Å². The van der Waals surface area contributed by atoms with Crippen molar-refractivity contribution in [2.24, 2.45) is 5.73 Å². The maximum atomic E-state index is 13.3. The van der Waals surface area contributed by atoms with Crippen molar-refractivity contribution >= 4 is 35.5 Å². The van der Waals surface area contributed by atoms with Crippen molar-refractivity contribution in [2.45, 2.75) is 6.54 Å². The Balaban J connectivity index is 0.00000162. The summed E-state index contributed by atoms with van der Waals surface area (Å²) in [4.78, 5) is 10.8. The molecule has 1 amide bonds. The zero-order valence-electron chi connectivity index (χ0n) is 8.60. The molecule has 0 saturated carbocycles. The number of amides is 1. The number of nitrogens with two attached hydrogens (primary N) is 1. The van der Waals surface area contributed by atoms with Gasteiger partial charge < -0.3 is 5.73 Å². The van der Waals surface area contributed by atoms with Crippen LogP contribution in [0.4, 0.5) is 8.78 Å². The van der Waals surface area contributed by atoms with Gasteiger partial charge in [0, 0.05) is 5.56 Å². The number of primary amides is 1. The Morgan fingerprint density at radius 3 is 2.44 bits per heavy atom. The summed E-state index contributed by atoms with van der Waals surface area (Å²) in [5, 5.41) is 7.01. The van der Waals surface area contributed by atoms with Crippen molar-refractivity contribution in [3.63, 3.8) is 0 Å². The molecule has 0 aliphatic heterocycles. The fraction of sp³-hybridized carbons (Fsp3) is 0.100. The number of hydrogen-bond donors (Lipinski definition) is 1. The molecular formula is C10H9F2N4NaO. The summed E-state index contributed by atoms with van der Waals surface area (Å²) in [6.45, 7) is -0.154. The van der Waals surface area contributed by atoms with Crippen molar-refractivity contribution in [1.29, 1.82) is 0 Å². The van der Waals surface area contributed by atoms with E-state index in [1.54, 1.807) is 0 Å². The van der Waals surface area contributed by atoms with Crippen molar-refractivity contribution in [1.82, 2.24) is 15.0 Å². The molecule has 2 aromatic rings. The van der Waals surface area contributed by atoms with Crippen LogP contribution in [-0.4, -0.2) is 50.5 Å². The molecule has 0 unspecified atom stereocenters. The number of hydrogen-bond acceptors (Lipinski definition) is 3. The van der Waals surface area contributed by atoms with Gasteiger partial charge >= 0.3 is 29.6 Å². The molecule has 5 nitrogen and oxygen atoms in total. The van der Waals surface area contributed by atoms with Gasteiger partial charge in [-0.25, -0.2) is 13.5 Å². The van der Waals surface area contributed by atoms with Crippen LogP contribution in [0, 0.1) is 11.6 Å². The monoisotopic (exact) mass is 262 g/mol. The van der Waals surface area contributed by atoms with Crippen molar-refractivity contribution in [2.75, 3.05) is 0 Å². The number of benzene rings is 1. The Bertz CT molecular complexity index is 553. The Labute approximate surface area is 123 Å². The van der Waals surface area contributed by atoms with Crippen LogP contribution >= 0.6 is 0 Å². The molecule has 0 radical (unpaired) electrons. The van der Waals surface area contributed by atoms with Crippen LogP contribution in [0.15, 0.2) is 24.4 Å². The predicted molar refractivity (Wildman–Crippen MR) is 61.1 cm³/mol. The molecule has 0 spiro atoms. The normalized spacial score (nSPS) is 9.89. The van der Waals surface area contributed by atoms with E-state index < -0.39 is 17.5 Å². The molecule has 1 aromatic heterocycles. The molecule has 0 bridgehead atoms. The number of aromatic nitrogens is 3. The van der Waals surface area contributed by atoms with Gasteiger partial charge in [0.05, 0.1) is 12.7 Å². The van der Waals surface area contributed by atoms with Gasteiger partial charge in [0.1, 0.15) is 11.6 Å². The molecule has 0 saturated heterocycles. The number of carbonyl (C=O) groups excluding carboxylic acids is 1. The summed E-state index contributed by atoms with van der Waals surface area (Å²) in [6.07, 6.45) is 1.23. The molecule has 18 heavy (non-hydrogen) atoms. The molecule has 0 aliphatic carbocycles. The van der Waals surface area contributed by atoms with E-state index >= 15 is 0 Å². The molecule has 0 aliphatic rings. The minimum atomic E-state index is -0.745. The fourth-order valence-electron chi connectivity index (χ4n) is 1.33. The predicted octanol–water partition coefficient (Wildman–Crippen LogP) is 0.0550. The first-order chi connectivity index (χ1) is 8.08. The molecule has 2 N–H and O–H groups in total. The van der Waals surface area contributed by atoms with Gasteiger partial charge in [-0.15, -0.1) is 5.10 Å². The fourth-order valence-corrected chi connectivity index (χ4v) is 1.33. The van der Waals surface area contributed by atoms with Crippen LogP contribution in [0.2, 0.25) is 0 Å². The first-order valence-corrected chi connectivity index (χ1v) is 4.71.